The SMILES string of the molecule is COC1(C(=O)c2c(C)ccnc2N)CCCC1. The molecule has 1 saturated carbocycles. The number of aryl methyl sites for hydroxylation is 1. The molecule has 0 amide bonds. The number of hydrogen-bond acceptors (Lipinski definition) is 4. The van der Waals surface area contributed by atoms with Crippen LogP contribution in [-0.2, 0) is 4.74 Å². The summed E-state index contributed by atoms with van der Waals surface area (Å²) in [6.07, 6.45) is 5.22. The van der Waals surface area contributed by atoms with E-state index in [1.807, 2.05) is 13.0 Å². The lowest BCUT2D eigenvalue weighted by molar-refractivity contribution is 0.00601. The Bertz CT molecular complexity index is 417. The lowest BCUT2D eigenvalue weighted by Crippen LogP contribution is -2.38. The zero-order valence-electron chi connectivity index (χ0n) is 10.3. The molecule has 1 aliphatic carbocycles. The summed E-state index contributed by atoms with van der Waals surface area (Å²) in [5.74, 6) is 0.291. The predicted octanol–water partition coefficient (Wildman–Crippen LogP) is 2.11. The number of Topliss-reactive ketones (excluding diaryl/α,β-unsaturated/α-hetero) is 1. The number of nitrogen functional groups attached to an aromatic ring is 1. The number of anilines is 1. The molecule has 2 N–H and O–H groups in total. The van der Waals surface area contributed by atoms with E-state index in [2.05, 4.69) is 4.98 Å². The number of carbonyl (C=O) groups excluding carboxylic acids is 1. The van der Waals surface area contributed by atoms with Crippen molar-refractivity contribution in [3.8, 4) is 0 Å². The molecule has 0 aromatic carbocycles. The number of ketones is 1. The number of ether oxygens (including phenoxy) is 1. The van der Waals surface area contributed by atoms with Crippen molar-refractivity contribution in [1.29, 1.82) is 0 Å². The zero-order valence-corrected chi connectivity index (χ0v) is 10.3. The molecule has 2 rings (SSSR count). The van der Waals surface area contributed by atoms with E-state index in [4.69, 9.17) is 10.5 Å². The Hall–Kier alpha value is -1.42. The summed E-state index contributed by atoms with van der Waals surface area (Å²) in [6, 6.07) is 1.81. The van der Waals surface area contributed by atoms with E-state index in [9.17, 15) is 4.79 Å². The van der Waals surface area contributed by atoms with Crippen molar-refractivity contribution in [2.24, 2.45) is 0 Å². The Morgan fingerprint density at radius 2 is 2.12 bits per heavy atom. The van der Waals surface area contributed by atoms with Gasteiger partial charge in [-0.1, -0.05) is 0 Å². The van der Waals surface area contributed by atoms with Crippen LogP contribution in [0.1, 0.15) is 41.6 Å². The molecule has 1 fully saturated rings. The van der Waals surface area contributed by atoms with Crippen LogP contribution < -0.4 is 5.73 Å². The summed E-state index contributed by atoms with van der Waals surface area (Å²) >= 11 is 0. The molecule has 0 atom stereocenters. The Kier molecular flexibility index (Phi) is 3.15. The van der Waals surface area contributed by atoms with Crippen molar-refractivity contribution in [2.45, 2.75) is 38.2 Å². The number of nitrogens with zero attached hydrogens (tertiary/aromatic N) is 1. The Labute approximate surface area is 101 Å². The quantitative estimate of drug-likeness (QED) is 0.813. The molecule has 4 nitrogen and oxygen atoms in total. The van der Waals surface area contributed by atoms with Gasteiger partial charge in [-0.05, 0) is 44.2 Å². The molecule has 92 valence electrons. The first kappa shape index (κ1) is 12.0. The van der Waals surface area contributed by atoms with Crippen LogP contribution >= 0.6 is 0 Å². The second-order valence-electron chi connectivity index (χ2n) is 4.62. The molecule has 0 radical (unpaired) electrons. The van der Waals surface area contributed by atoms with E-state index in [1.54, 1.807) is 13.3 Å². The van der Waals surface area contributed by atoms with Crippen molar-refractivity contribution in [3.05, 3.63) is 23.4 Å². The summed E-state index contributed by atoms with van der Waals surface area (Å²) in [6.45, 7) is 1.88. The van der Waals surface area contributed by atoms with Crippen LogP contribution in [0, 0.1) is 6.92 Å². The average Bonchev–Trinajstić information content (AvgIpc) is 2.78. The highest BCUT2D eigenvalue weighted by Gasteiger charge is 2.42. The van der Waals surface area contributed by atoms with Crippen LogP contribution in [0.15, 0.2) is 12.3 Å². The number of methoxy groups -OCH3 is 1. The van der Waals surface area contributed by atoms with Gasteiger partial charge in [-0.15, -0.1) is 0 Å². The van der Waals surface area contributed by atoms with Crippen LogP contribution in [0.2, 0.25) is 0 Å². The van der Waals surface area contributed by atoms with Crippen molar-refractivity contribution in [1.82, 2.24) is 4.98 Å². The topological polar surface area (TPSA) is 65.2 Å². The monoisotopic (exact) mass is 234 g/mol. The molecular weight excluding hydrogens is 216 g/mol. The van der Waals surface area contributed by atoms with Gasteiger partial charge in [-0.3, -0.25) is 4.79 Å². The molecule has 1 aromatic heterocycles. The molecule has 1 aliphatic rings. The van der Waals surface area contributed by atoms with E-state index in [1.165, 1.54) is 0 Å². The largest absolute Gasteiger partial charge is 0.383 e. The molecule has 0 saturated heterocycles. The lowest BCUT2D eigenvalue weighted by Gasteiger charge is -2.26. The summed E-state index contributed by atoms with van der Waals surface area (Å²) in [5, 5.41) is 0. The highest BCUT2D eigenvalue weighted by atomic mass is 16.5. The predicted molar refractivity (Wildman–Crippen MR) is 65.9 cm³/mol. The number of rotatable bonds is 3. The Morgan fingerprint density at radius 1 is 1.47 bits per heavy atom. The molecule has 4 heteroatoms. The molecule has 0 unspecified atom stereocenters. The first-order valence-corrected chi connectivity index (χ1v) is 5.92. The van der Waals surface area contributed by atoms with Crippen LogP contribution in [0.4, 0.5) is 5.82 Å². The maximum absolute atomic E-state index is 12.6. The Balaban J connectivity index is 2.43. The minimum atomic E-state index is -0.679. The van der Waals surface area contributed by atoms with E-state index < -0.39 is 5.60 Å². The fraction of sp³-hybridized carbons (Fsp3) is 0.538. The average molecular weight is 234 g/mol. The third kappa shape index (κ3) is 1.93. The lowest BCUT2D eigenvalue weighted by atomic mass is 9.89. The standard InChI is InChI=1S/C13H18N2O2/c1-9-5-8-15-12(14)10(9)11(16)13(17-2)6-3-4-7-13/h5,8H,3-4,6-7H2,1-2H3,(H2,14,15). The number of nitrogens with two attached hydrogens (primary N) is 1. The summed E-state index contributed by atoms with van der Waals surface area (Å²) in [5.41, 5.74) is 6.53. The van der Waals surface area contributed by atoms with Crippen molar-refractivity contribution in [3.63, 3.8) is 0 Å². The van der Waals surface area contributed by atoms with Crippen LogP contribution in [0.25, 0.3) is 0 Å². The number of hydrogen-bond donors (Lipinski definition) is 1. The van der Waals surface area contributed by atoms with Crippen LogP contribution in [-0.4, -0.2) is 23.5 Å². The van der Waals surface area contributed by atoms with Gasteiger partial charge in [0.1, 0.15) is 11.4 Å². The first-order valence-electron chi connectivity index (χ1n) is 5.92. The highest BCUT2D eigenvalue weighted by Crippen LogP contribution is 2.37. The van der Waals surface area contributed by atoms with Crippen LogP contribution in [0.5, 0.6) is 0 Å². The van der Waals surface area contributed by atoms with Gasteiger partial charge >= 0.3 is 0 Å². The van der Waals surface area contributed by atoms with Gasteiger partial charge in [0, 0.05) is 13.3 Å². The summed E-state index contributed by atoms with van der Waals surface area (Å²) in [4.78, 5) is 16.6. The highest BCUT2D eigenvalue weighted by molar-refractivity contribution is 6.07. The third-order valence-corrected chi connectivity index (χ3v) is 3.63. The molecule has 0 spiro atoms. The van der Waals surface area contributed by atoms with Crippen molar-refractivity contribution < 1.29 is 9.53 Å². The molecule has 17 heavy (non-hydrogen) atoms. The second kappa shape index (κ2) is 4.45. The van der Waals surface area contributed by atoms with Gasteiger partial charge in [0.2, 0.25) is 0 Å². The van der Waals surface area contributed by atoms with Crippen molar-refractivity contribution in [2.75, 3.05) is 12.8 Å². The zero-order chi connectivity index (χ0) is 12.5. The van der Waals surface area contributed by atoms with E-state index in [0.717, 1.165) is 31.2 Å². The van der Waals surface area contributed by atoms with Gasteiger partial charge in [-0.25, -0.2) is 4.98 Å². The van der Waals surface area contributed by atoms with Gasteiger partial charge in [0.05, 0.1) is 5.56 Å². The fourth-order valence-corrected chi connectivity index (χ4v) is 2.57. The normalized spacial score (nSPS) is 18.2. The Morgan fingerprint density at radius 3 is 2.65 bits per heavy atom. The summed E-state index contributed by atoms with van der Waals surface area (Å²) < 4.78 is 5.49. The van der Waals surface area contributed by atoms with Gasteiger partial charge < -0.3 is 10.5 Å². The first-order chi connectivity index (χ1) is 8.10. The van der Waals surface area contributed by atoms with E-state index >= 15 is 0 Å². The molecule has 0 aliphatic heterocycles. The number of aromatic nitrogens is 1. The third-order valence-electron chi connectivity index (χ3n) is 3.63. The van der Waals surface area contributed by atoms with Gasteiger partial charge in [-0.2, -0.15) is 0 Å². The minimum Gasteiger partial charge on any atom is -0.383 e. The molecular formula is C13H18N2O2. The van der Waals surface area contributed by atoms with Crippen LogP contribution in [0.3, 0.4) is 0 Å². The molecule has 1 aromatic rings. The number of carbonyl (C=O) groups is 1. The number of pyridine rings is 1. The fourth-order valence-electron chi connectivity index (χ4n) is 2.57. The van der Waals surface area contributed by atoms with Gasteiger partial charge in [0.15, 0.2) is 5.78 Å². The maximum atomic E-state index is 12.6. The van der Waals surface area contributed by atoms with E-state index in [0.29, 0.717) is 11.4 Å². The van der Waals surface area contributed by atoms with E-state index in [-0.39, 0.29) is 5.78 Å². The van der Waals surface area contributed by atoms with Crippen molar-refractivity contribution >= 4 is 11.6 Å². The molecule has 0 bridgehead atoms. The minimum absolute atomic E-state index is 0.0133. The second-order valence-corrected chi connectivity index (χ2v) is 4.62. The maximum Gasteiger partial charge on any atom is 0.198 e. The molecule has 1 heterocycles. The van der Waals surface area contributed by atoms with Gasteiger partial charge in [0.25, 0.3) is 0 Å². The summed E-state index contributed by atoms with van der Waals surface area (Å²) in [7, 11) is 1.60. The smallest absolute Gasteiger partial charge is 0.198 e.